The van der Waals surface area contributed by atoms with Crippen molar-refractivity contribution >= 4 is 30.0 Å². The fraction of sp³-hybridized carbons (Fsp3) is 0.429. The molecule has 21 heavy (non-hydrogen) atoms. The molecule has 0 fully saturated rings. The molecule has 1 rings (SSSR count). The minimum atomic E-state index is -0.224. The van der Waals surface area contributed by atoms with E-state index in [1.54, 1.807) is 50.3 Å². The molecule has 6 nitrogen and oxygen atoms in total. The van der Waals surface area contributed by atoms with Crippen LogP contribution in [-0.4, -0.2) is 63.0 Å². The number of halogens is 1. The van der Waals surface area contributed by atoms with Gasteiger partial charge in [-0.2, -0.15) is 0 Å². The second kappa shape index (κ2) is 9.20. The van der Waals surface area contributed by atoms with Gasteiger partial charge in [0, 0.05) is 45.5 Å². The first-order valence-corrected chi connectivity index (χ1v) is 6.44. The Labute approximate surface area is 131 Å². The van der Waals surface area contributed by atoms with Gasteiger partial charge in [0.05, 0.1) is 0 Å². The molecule has 0 heterocycles. The van der Waals surface area contributed by atoms with E-state index in [9.17, 15) is 9.59 Å². The van der Waals surface area contributed by atoms with Gasteiger partial charge in [0.15, 0.2) is 0 Å². The van der Waals surface area contributed by atoms with Crippen molar-refractivity contribution in [2.45, 2.75) is 0 Å². The lowest BCUT2D eigenvalue weighted by Crippen LogP contribution is -2.33. The fourth-order valence-electron chi connectivity index (χ4n) is 1.57. The van der Waals surface area contributed by atoms with E-state index in [1.165, 1.54) is 4.90 Å². The van der Waals surface area contributed by atoms with E-state index >= 15 is 0 Å². The number of likely N-dealkylation sites (N-methyl/N-ethyl adjacent to an activating group) is 2. The summed E-state index contributed by atoms with van der Waals surface area (Å²) in [5, 5.41) is 5.72. The van der Waals surface area contributed by atoms with Gasteiger partial charge in [-0.1, -0.05) is 6.07 Å². The van der Waals surface area contributed by atoms with Crippen molar-refractivity contribution in [3.8, 4) is 0 Å². The molecule has 0 saturated carbocycles. The van der Waals surface area contributed by atoms with E-state index in [4.69, 9.17) is 0 Å². The van der Waals surface area contributed by atoms with Crippen LogP contribution in [-0.2, 0) is 0 Å². The maximum atomic E-state index is 12.2. The van der Waals surface area contributed by atoms with E-state index in [0.29, 0.717) is 17.8 Å². The molecule has 3 amide bonds. The molecule has 0 aliphatic carbocycles. The zero-order valence-electron chi connectivity index (χ0n) is 12.8. The molecule has 0 radical (unpaired) electrons. The molecule has 7 heteroatoms. The van der Waals surface area contributed by atoms with Gasteiger partial charge in [-0.15, -0.1) is 12.4 Å². The molecule has 0 aliphatic heterocycles. The SMILES string of the molecule is CNCCN(C)C(=O)c1cccc(NC(=O)N(C)C)c1.Cl. The Morgan fingerprint density at radius 1 is 1.19 bits per heavy atom. The van der Waals surface area contributed by atoms with Crippen LogP contribution in [0.3, 0.4) is 0 Å². The molecule has 1 aromatic carbocycles. The molecular weight excluding hydrogens is 292 g/mol. The Hall–Kier alpha value is -1.79. The summed E-state index contributed by atoms with van der Waals surface area (Å²) in [6, 6.07) is 6.71. The van der Waals surface area contributed by atoms with Crippen molar-refractivity contribution in [2.75, 3.05) is 46.6 Å². The summed E-state index contributed by atoms with van der Waals surface area (Å²) in [5.41, 5.74) is 1.16. The van der Waals surface area contributed by atoms with Gasteiger partial charge in [-0.3, -0.25) is 4.79 Å². The Balaban J connectivity index is 0.00000400. The average molecular weight is 315 g/mol. The van der Waals surface area contributed by atoms with Crippen LogP contribution >= 0.6 is 12.4 Å². The number of benzene rings is 1. The third-order valence-corrected chi connectivity index (χ3v) is 2.81. The van der Waals surface area contributed by atoms with Crippen molar-refractivity contribution in [3.05, 3.63) is 29.8 Å². The maximum absolute atomic E-state index is 12.2. The van der Waals surface area contributed by atoms with Crippen LogP contribution in [0.15, 0.2) is 24.3 Å². The van der Waals surface area contributed by atoms with E-state index in [0.717, 1.165) is 6.54 Å². The maximum Gasteiger partial charge on any atom is 0.321 e. The molecule has 2 N–H and O–H groups in total. The van der Waals surface area contributed by atoms with Gasteiger partial charge in [0.2, 0.25) is 0 Å². The number of carbonyl (C=O) groups excluding carboxylic acids is 2. The van der Waals surface area contributed by atoms with Crippen LogP contribution < -0.4 is 10.6 Å². The molecule has 0 atom stereocenters. The molecular formula is C14H23ClN4O2. The Morgan fingerprint density at radius 2 is 1.86 bits per heavy atom. The first-order valence-electron chi connectivity index (χ1n) is 6.44. The number of anilines is 1. The van der Waals surface area contributed by atoms with Crippen LogP contribution in [0.4, 0.5) is 10.5 Å². The first kappa shape index (κ1) is 19.2. The molecule has 0 saturated heterocycles. The van der Waals surface area contributed by atoms with Crippen LogP contribution in [0, 0.1) is 0 Å². The lowest BCUT2D eigenvalue weighted by molar-refractivity contribution is 0.0797. The Bertz CT molecular complexity index is 480. The molecule has 0 unspecified atom stereocenters. The smallest absolute Gasteiger partial charge is 0.321 e. The summed E-state index contributed by atoms with van der Waals surface area (Å²) < 4.78 is 0. The van der Waals surface area contributed by atoms with Crippen molar-refractivity contribution in [1.82, 2.24) is 15.1 Å². The molecule has 0 spiro atoms. The minimum absolute atomic E-state index is 0. The summed E-state index contributed by atoms with van der Waals surface area (Å²) in [6.45, 7) is 1.36. The standard InChI is InChI=1S/C14H22N4O2.ClH/c1-15-8-9-18(4)13(19)11-6-5-7-12(10-11)16-14(20)17(2)3;/h5-7,10,15H,8-9H2,1-4H3,(H,16,20);1H. The van der Waals surface area contributed by atoms with Gasteiger partial charge < -0.3 is 20.4 Å². The molecule has 118 valence electrons. The zero-order chi connectivity index (χ0) is 15.1. The summed E-state index contributed by atoms with van der Waals surface area (Å²) in [4.78, 5) is 26.9. The van der Waals surface area contributed by atoms with Crippen molar-refractivity contribution in [1.29, 1.82) is 0 Å². The zero-order valence-corrected chi connectivity index (χ0v) is 13.7. The summed E-state index contributed by atoms with van der Waals surface area (Å²) in [6.07, 6.45) is 0. The summed E-state index contributed by atoms with van der Waals surface area (Å²) in [7, 11) is 6.92. The van der Waals surface area contributed by atoms with E-state index in [-0.39, 0.29) is 24.3 Å². The van der Waals surface area contributed by atoms with Crippen LogP contribution in [0.25, 0.3) is 0 Å². The van der Waals surface area contributed by atoms with Gasteiger partial charge in [-0.05, 0) is 25.2 Å². The molecule has 0 bridgehead atoms. The number of hydrogen-bond acceptors (Lipinski definition) is 3. The number of rotatable bonds is 5. The van der Waals surface area contributed by atoms with Crippen LogP contribution in [0.1, 0.15) is 10.4 Å². The van der Waals surface area contributed by atoms with Crippen LogP contribution in [0.5, 0.6) is 0 Å². The van der Waals surface area contributed by atoms with Crippen molar-refractivity contribution in [3.63, 3.8) is 0 Å². The normalized spacial score (nSPS) is 9.52. The summed E-state index contributed by atoms with van der Waals surface area (Å²) >= 11 is 0. The van der Waals surface area contributed by atoms with Crippen molar-refractivity contribution in [2.24, 2.45) is 0 Å². The number of carbonyl (C=O) groups is 2. The number of nitrogens with one attached hydrogen (secondary N) is 2. The average Bonchev–Trinajstić information content (AvgIpc) is 2.44. The third kappa shape index (κ3) is 6.01. The van der Waals surface area contributed by atoms with Crippen LogP contribution in [0.2, 0.25) is 0 Å². The van der Waals surface area contributed by atoms with E-state index in [1.807, 2.05) is 7.05 Å². The number of urea groups is 1. The number of hydrogen-bond donors (Lipinski definition) is 2. The minimum Gasteiger partial charge on any atom is -0.340 e. The second-order valence-corrected chi connectivity index (χ2v) is 4.74. The fourth-order valence-corrected chi connectivity index (χ4v) is 1.57. The largest absolute Gasteiger partial charge is 0.340 e. The van der Waals surface area contributed by atoms with E-state index < -0.39 is 0 Å². The van der Waals surface area contributed by atoms with Gasteiger partial charge >= 0.3 is 6.03 Å². The van der Waals surface area contributed by atoms with Gasteiger partial charge in [0.1, 0.15) is 0 Å². The number of amides is 3. The first-order chi connectivity index (χ1) is 9.45. The van der Waals surface area contributed by atoms with E-state index in [2.05, 4.69) is 10.6 Å². The Morgan fingerprint density at radius 3 is 2.43 bits per heavy atom. The highest BCUT2D eigenvalue weighted by Crippen LogP contribution is 2.12. The summed E-state index contributed by atoms with van der Waals surface area (Å²) in [5.74, 6) is -0.0683. The lowest BCUT2D eigenvalue weighted by atomic mass is 10.2. The van der Waals surface area contributed by atoms with Crippen molar-refractivity contribution < 1.29 is 9.59 Å². The molecule has 0 aliphatic rings. The topological polar surface area (TPSA) is 64.7 Å². The predicted octanol–water partition coefficient (Wildman–Crippen LogP) is 1.49. The molecule has 0 aromatic heterocycles. The van der Waals surface area contributed by atoms with Gasteiger partial charge in [-0.25, -0.2) is 4.79 Å². The quantitative estimate of drug-likeness (QED) is 0.865. The molecule has 1 aromatic rings. The highest BCUT2D eigenvalue weighted by Gasteiger charge is 2.12. The predicted molar refractivity (Wildman–Crippen MR) is 87.3 cm³/mol. The number of nitrogens with zero attached hydrogens (tertiary/aromatic N) is 2. The lowest BCUT2D eigenvalue weighted by Gasteiger charge is -2.18. The Kier molecular flexibility index (Phi) is 8.42. The monoisotopic (exact) mass is 314 g/mol. The highest BCUT2D eigenvalue weighted by molar-refractivity contribution is 5.96. The van der Waals surface area contributed by atoms with Gasteiger partial charge in [0.25, 0.3) is 5.91 Å². The highest BCUT2D eigenvalue weighted by atomic mass is 35.5. The third-order valence-electron chi connectivity index (χ3n) is 2.81. The second-order valence-electron chi connectivity index (χ2n) is 4.74.